The van der Waals surface area contributed by atoms with Gasteiger partial charge in [-0.15, -0.1) is 0 Å². The molecule has 0 radical (unpaired) electrons. The number of aromatic amines is 1. The Kier molecular flexibility index (Phi) is 4.87. The fraction of sp³-hybridized carbons (Fsp3) is 0.364. The van der Waals surface area contributed by atoms with Crippen molar-refractivity contribution >= 4 is 34.1 Å². The van der Waals surface area contributed by atoms with E-state index in [1.165, 1.54) is 16.7 Å². The molecule has 0 bridgehead atoms. The molecule has 5 heteroatoms. The summed E-state index contributed by atoms with van der Waals surface area (Å²) in [5.41, 5.74) is 7.07. The zero-order valence-corrected chi connectivity index (χ0v) is 17.0. The van der Waals surface area contributed by atoms with Crippen LogP contribution in [0.15, 0.2) is 36.4 Å². The van der Waals surface area contributed by atoms with Gasteiger partial charge in [-0.25, -0.2) is 4.98 Å². The number of piperidine rings is 1. The summed E-state index contributed by atoms with van der Waals surface area (Å²) in [7, 11) is 0. The van der Waals surface area contributed by atoms with Gasteiger partial charge in [-0.05, 0) is 81.2 Å². The van der Waals surface area contributed by atoms with E-state index in [0.717, 1.165) is 53.6 Å². The molecule has 1 atom stereocenters. The molecule has 1 saturated heterocycles. The number of thiocarbonyl (C=S) groups is 1. The molecule has 1 fully saturated rings. The van der Waals surface area contributed by atoms with Crippen LogP contribution in [0.4, 0.5) is 5.69 Å². The van der Waals surface area contributed by atoms with E-state index in [4.69, 9.17) is 17.2 Å². The van der Waals surface area contributed by atoms with Crippen LogP contribution < -0.4 is 5.32 Å². The molecule has 1 aliphatic rings. The van der Waals surface area contributed by atoms with E-state index in [1.54, 1.807) is 0 Å². The number of likely N-dealkylation sites (tertiary alicyclic amines) is 1. The van der Waals surface area contributed by atoms with Crippen molar-refractivity contribution in [2.75, 3.05) is 18.4 Å². The SMILES string of the molecule is Cc1ccc(NC(=S)N2CCC[C@H](c3nc4cc(C)c(C)cc4[nH]3)C2)cc1. The van der Waals surface area contributed by atoms with Crippen LogP contribution in [0.1, 0.15) is 41.3 Å². The van der Waals surface area contributed by atoms with Crippen molar-refractivity contribution in [3.05, 3.63) is 58.9 Å². The largest absolute Gasteiger partial charge is 0.348 e. The van der Waals surface area contributed by atoms with E-state index in [0.29, 0.717) is 5.92 Å². The number of rotatable bonds is 2. The maximum atomic E-state index is 5.67. The molecule has 2 N–H and O–H groups in total. The van der Waals surface area contributed by atoms with Crippen LogP contribution in [-0.4, -0.2) is 33.1 Å². The highest BCUT2D eigenvalue weighted by Gasteiger charge is 2.25. The second-order valence-corrected chi connectivity index (χ2v) is 8.04. The molecule has 140 valence electrons. The normalized spacial score (nSPS) is 17.3. The molecule has 4 nitrogen and oxygen atoms in total. The Bertz CT molecular complexity index is 935. The summed E-state index contributed by atoms with van der Waals surface area (Å²) < 4.78 is 0. The first-order chi connectivity index (χ1) is 13.0. The number of hydrogen-bond donors (Lipinski definition) is 2. The second kappa shape index (κ2) is 7.31. The minimum atomic E-state index is 0.379. The molecule has 0 aliphatic carbocycles. The van der Waals surface area contributed by atoms with Crippen LogP contribution in [0.25, 0.3) is 11.0 Å². The fourth-order valence-corrected chi connectivity index (χ4v) is 3.99. The lowest BCUT2D eigenvalue weighted by Gasteiger charge is -2.33. The molecule has 0 saturated carbocycles. The van der Waals surface area contributed by atoms with Crippen molar-refractivity contribution in [1.82, 2.24) is 14.9 Å². The molecular weight excluding hydrogens is 352 g/mol. The number of hydrogen-bond acceptors (Lipinski definition) is 2. The van der Waals surface area contributed by atoms with Crippen molar-refractivity contribution in [2.45, 2.75) is 39.5 Å². The van der Waals surface area contributed by atoms with E-state index in [9.17, 15) is 0 Å². The maximum absolute atomic E-state index is 5.67. The maximum Gasteiger partial charge on any atom is 0.173 e. The van der Waals surface area contributed by atoms with Gasteiger partial charge in [0.25, 0.3) is 0 Å². The van der Waals surface area contributed by atoms with Gasteiger partial charge in [0.2, 0.25) is 0 Å². The minimum absolute atomic E-state index is 0.379. The molecule has 1 aliphatic heterocycles. The third kappa shape index (κ3) is 3.83. The summed E-state index contributed by atoms with van der Waals surface area (Å²) in [4.78, 5) is 10.7. The topological polar surface area (TPSA) is 44.0 Å². The smallest absolute Gasteiger partial charge is 0.173 e. The standard InChI is InChI=1S/C22H26N4S/c1-14-6-8-18(9-7-14)23-22(27)26-10-4-5-17(13-26)21-24-19-11-15(2)16(3)12-20(19)25-21/h6-9,11-12,17H,4-5,10,13H2,1-3H3,(H,23,27)(H,24,25)/t17-/m0/s1. The number of nitrogens with zero attached hydrogens (tertiary/aromatic N) is 2. The average Bonchev–Trinajstić information content (AvgIpc) is 3.07. The number of H-pyrrole nitrogens is 1. The quantitative estimate of drug-likeness (QED) is 0.612. The van der Waals surface area contributed by atoms with E-state index < -0.39 is 0 Å². The van der Waals surface area contributed by atoms with Gasteiger partial charge in [-0.3, -0.25) is 0 Å². The van der Waals surface area contributed by atoms with Crippen molar-refractivity contribution in [2.24, 2.45) is 0 Å². The molecule has 0 unspecified atom stereocenters. The van der Waals surface area contributed by atoms with Crippen molar-refractivity contribution < 1.29 is 0 Å². The summed E-state index contributed by atoms with van der Waals surface area (Å²) in [6, 6.07) is 12.7. The van der Waals surface area contributed by atoms with Crippen LogP contribution in [0.5, 0.6) is 0 Å². The lowest BCUT2D eigenvalue weighted by molar-refractivity contribution is 0.307. The fourth-order valence-electron chi connectivity index (χ4n) is 3.71. The highest BCUT2D eigenvalue weighted by molar-refractivity contribution is 7.80. The number of anilines is 1. The van der Waals surface area contributed by atoms with E-state index in [-0.39, 0.29) is 0 Å². The Morgan fingerprint density at radius 2 is 1.89 bits per heavy atom. The first kappa shape index (κ1) is 18.0. The van der Waals surface area contributed by atoms with Gasteiger partial charge in [-0.1, -0.05) is 17.7 Å². The third-order valence-electron chi connectivity index (χ3n) is 5.51. The highest BCUT2D eigenvalue weighted by Crippen LogP contribution is 2.28. The zero-order valence-electron chi connectivity index (χ0n) is 16.2. The first-order valence-electron chi connectivity index (χ1n) is 9.59. The Morgan fingerprint density at radius 1 is 1.15 bits per heavy atom. The van der Waals surface area contributed by atoms with Gasteiger partial charge < -0.3 is 15.2 Å². The molecule has 0 spiro atoms. The average molecular weight is 379 g/mol. The van der Waals surface area contributed by atoms with Gasteiger partial charge in [-0.2, -0.15) is 0 Å². The van der Waals surface area contributed by atoms with E-state index in [1.807, 2.05) is 0 Å². The molecule has 2 aromatic carbocycles. The lowest BCUT2D eigenvalue weighted by atomic mass is 9.98. The van der Waals surface area contributed by atoms with E-state index in [2.05, 4.69) is 72.4 Å². The van der Waals surface area contributed by atoms with Crippen LogP contribution >= 0.6 is 12.2 Å². The van der Waals surface area contributed by atoms with Crippen molar-refractivity contribution in [1.29, 1.82) is 0 Å². The highest BCUT2D eigenvalue weighted by atomic mass is 32.1. The first-order valence-corrected chi connectivity index (χ1v) is 10.00. The Hall–Kier alpha value is -2.40. The molecule has 3 aromatic rings. The van der Waals surface area contributed by atoms with Crippen molar-refractivity contribution in [3.8, 4) is 0 Å². The minimum Gasteiger partial charge on any atom is -0.348 e. The van der Waals surface area contributed by atoms with E-state index >= 15 is 0 Å². The predicted octanol–water partition coefficient (Wildman–Crippen LogP) is 5.06. The summed E-state index contributed by atoms with van der Waals surface area (Å²) >= 11 is 5.67. The summed E-state index contributed by atoms with van der Waals surface area (Å²) in [5, 5.41) is 4.18. The van der Waals surface area contributed by atoms with Crippen LogP contribution in [-0.2, 0) is 0 Å². The number of fused-ring (bicyclic) bond motifs is 1. The van der Waals surface area contributed by atoms with Gasteiger partial charge in [0.1, 0.15) is 5.82 Å². The predicted molar refractivity (Wildman–Crippen MR) is 117 cm³/mol. The number of aryl methyl sites for hydroxylation is 3. The van der Waals surface area contributed by atoms with Crippen LogP contribution in [0, 0.1) is 20.8 Å². The third-order valence-corrected chi connectivity index (χ3v) is 5.87. The van der Waals surface area contributed by atoms with Crippen LogP contribution in [0.3, 0.4) is 0 Å². The van der Waals surface area contributed by atoms with Gasteiger partial charge in [0.15, 0.2) is 5.11 Å². The molecular formula is C22H26N4S. The van der Waals surface area contributed by atoms with Gasteiger partial charge in [0.05, 0.1) is 11.0 Å². The molecule has 4 rings (SSSR count). The summed E-state index contributed by atoms with van der Waals surface area (Å²) in [5.74, 6) is 1.46. The monoisotopic (exact) mass is 378 g/mol. The summed E-state index contributed by atoms with van der Waals surface area (Å²) in [6.07, 6.45) is 2.26. The molecule has 2 heterocycles. The number of benzene rings is 2. The lowest BCUT2D eigenvalue weighted by Crippen LogP contribution is -2.41. The molecule has 0 amide bonds. The van der Waals surface area contributed by atoms with Crippen LogP contribution in [0.2, 0.25) is 0 Å². The number of nitrogens with one attached hydrogen (secondary N) is 2. The molecule has 1 aromatic heterocycles. The van der Waals surface area contributed by atoms with Gasteiger partial charge in [0, 0.05) is 24.7 Å². The number of imidazole rings is 1. The Labute approximate surface area is 166 Å². The zero-order chi connectivity index (χ0) is 19.0. The molecule has 27 heavy (non-hydrogen) atoms. The Balaban J connectivity index is 1.49. The number of aromatic nitrogens is 2. The Morgan fingerprint density at radius 3 is 2.67 bits per heavy atom. The van der Waals surface area contributed by atoms with Gasteiger partial charge >= 0.3 is 0 Å². The van der Waals surface area contributed by atoms with Crippen molar-refractivity contribution in [3.63, 3.8) is 0 Å². The summed E-state index contributed by atoms with van der Waals surface area (Å²) in [6.45, 7) is 8.27. The second-order valence-electron chi connectivity index (χ2n) is 7.66.